The first-order chi connectivity index (χ1) is 3.66. The van der Waals surface area contributed by atoms with Gasteiger partial charge in [0.05, 0.1) is 11.5 Å². The van der Waals surface area contributed by atoms with Crippen molar-refractivity contribution in [1.82, 2.24) is 4.90 Å². The highest BCUT2D eigenvalue weighted by molar-refractivity contribution is 7.80. The molecule has 0 fully saturated rings. The number of amides is 1. The van der Waals surface area contributed by atoms with Crippen LogP contribution >= 0.6 is 12.2 Å². The van der Waals surface area contributed by atoms with Crippen LogP contribution in [-0.4, -0.2) is 29.9 Å². The van der Waals surface area contributed by atoms with E-state index in [1.165, 1.54) is 4.90 Å². The molecule has 0 rings (SSSR count). The van der Waals surface area contributed by atoms with Gasteiger partial charge in [-0.3, -0.25) is 4.79 Å². The zero-order valence-electron chi connectivity index (χ0n) is 4.63. The number of hydrogen-bond donors (Lipinski definition) is 1. The molecule has 0 spiro atoms. The first-order valence-electron chi connectivity index (χ1n) is 2.10. The van der Waals surface area contributed by atoms with Gasteiger partial charge in [0.15, 0.2) is 0 Å². The van der Waals surface area contributed by atoms with Gasteiger partial charge in [0.25, 0.3) is 0 Å². The maximum absolute atomic E-state index is 9.85. The summed E-state index contributed by atoms with van der Waals surface area (Å²) in [5.74, 6) is 0. The first kappa shape index (κ1) is 7.36. The smallest absolute Gasteiger partial charge is 0.209 e. The van der Waals surface area contributed by atoms with E-state index in [1.54, 1.807) is 7.05 Å². The van der Waals surface area contributed by atoms with Gasteiger partial charge in [0, 0.05) is 7.05 Å². The van der Waals surface area contributed by atoms with Gasteiger partial charge in [-0.05, 0) is 0 Å². The lowest BCUT2D eigenvalue weighted by molar-refractivity contribution is -0.116. The first-order valence-corrected chi connectivity index (χ1v) is 2.51. The average molecular weight is 132 g/mol. The summed E-state index contributed by atoms with van der Waals surface area (Å²) in [5.41, 5.74) is 5.10. The summed E-state index contributed by atoms with van der Waals surface area (Å²) in [4.78, 5) is 11.6. The zero-order chi connectivity index (χ0) is 6.57. The number of carbonyl (C=O) groups is 1. The van der Waals surface area contributed by atoms with Crippen molar-refractivity contribution in [3.8, 4) is 0 Å². The fraction of sp³-hybridized carbons (Fsp3) is 0.500. The molecule has 0 unspecified atom stereocenters. The number of nitrogens with two attached hydrogens (primary N) is 1. The largest absolute Gasteiger partial charge is 0.392 e. The minimum Gasteiger partial charge on any atom is -0.392 e. The Labute approximate surface area is 53.5 Å². The Morgan fingerprint density at radius 3 is 2.62 bits per heavy atom. The van der Waals surface area contributed by atoms with Crippen molar-refractivity contribution in [3.05, 3.63) is 0 Å². The molecule has 46 valence electrons. The summed E-state index contributed by atoms with van der Waals surface area (Å²) in [5, 5.41) is 0. The number of nitrogens with zero attached hydrogens (tertiary/aromatic N) is 1. The molecule has 8 heavy (non-hydrogen) atoms. The Morgan fingerprint density at radius 1 is 2.00 bits per heavy atom. The molecule has 0 aliphatic rings. The molecule has 0 saturated heterocycles. The van der Waals surface area contributed by atoms with E-state index in [0.29, 0.717) is 17.9 Å². The van der Waals surface area contributed by atoms with Crippen LogP contribution < -0.4 is 5.73 Å². The van der Waals surface area contributed by atoms with Gasteiger partial charge in [-0.15, -0.1) is 0 Å². The number of likely N-dealkylation sites (N-methyl/N-ethyl adjacent to an activating group) is 1. The third kappa shape index (κ3) is 3.55. The summed E-state index contributed by atoms with van der Waals surface area (Å²) in [7, 11) is 1.62. The summed E-state index contributed by atoms with van der Waals surface area (Å²) >= 11 is 4.52. The van der Waals surface area contributed by atoms with Gasteiger partial charge >= 0.3 is 0 Å². The molecule has 4 heteroatoms. The van der Waals surface area contributed by atoms with E-state index < -0.39 is 0 Å². The molecule has 0 bridgehead atoms. The molecule has 0 aliphatic carbocycles. The maximum atomic E-state index is 9.85. The molecule has 0 radical (unpaired) electrons. The lowest BCUT2D eigenvalue weighted by Crippen LogP contribution is -2.27. The second kappa shape index (κ2) is 3.37. The van der Waals surface area contributed by atoms with E-state index in [0.717, 1.165) is 0 Å². The molecule has 0 aromatic rings. The normalized spacial score (nSPS) is 8.12. The quantitative estimate of drug-likeness (QED) is 0.410. The Bertz CT molecular complexity index is 104. The molecule has 1 amide bonds. The van der Waals surface area contributed by atoms with Crippen LogP contribution in [0, 0.1) is 0 Å². The summed E-state index contributed by atoms with van der Waals surface area (Å²) in [6.07, 6.45) is 0.680. The lowest BCUT2D eigenvalue weighted by Gasteiger charge is -2.06. The minimum absolute atomic E-state index is 0.333. The van der Waals surface area contributed by atoms with E-state index in [2.05, 4.69) is 12.2 Å². The van der Waals surface area contributed by atoms with Gasteiger partial charge in [-0.2, -0.15) is 0 Å². The molecule has 0 aromatic carbocycles. The number of thiocarbonyl (C=S) groups is 1. The third-order valence-corrected chi connectivity index (χ3v) is 0.714. The molecule has 0 heterocycles. The Morgan fingerprint density at radius 2 is 2.50 bits per heavy atom. The monoisotopic (exact) mass is 132 g/mol. The van der Waals surface area contributed by atoms with Crippen LogP contribution in [0.2, 0.25) is 0 Å². The van der Waals surface area contributed by atoms with E-state index in [9.17, 15) is 4.79 Å². The highest BCUT2D eigenvalue weighted by Crippen LogP contribution is 1.72. The van der Waals surface area contributed by atoms with E-state index in [1.807, 2.05) is 0 Å². The predicted octanol–water partition coefficient (Wildman–Crippen LogP) is -0.639. The van der Waals surface area contributed by atoms with Gasteiger partial charge in [-0.1, -0.05) is 12.2 Å². The van der Waals surface area contributed by atoms with E-state index in [-0.39, 0.29) is 0 Å². The fourth-order valence-corrected chi connectivity index (χ4v) is 0.487. The van der Waals surface area contributed by atoms with Crippen molar-refractivity contribution in [1.29, 1.82) is 0 Å². The summed E-state index contributed by atoms with van der Waals surface area (Å²) in [6, 6.07) is 0. The van der Waals surface area contributed by atoms with Gasteiger partial charge < -0.3 is 10.6 Å². The fourth-order valence-electron chi connectivity index (χ4n) is 0.283. The van der Waals surface area contributed by atoms with Gasteiger partial charge in [0.2, 0.25) is 6.41 Å². The van der Waals surface area contributed by atoms with Crippen LogP contribution in [0.15, 0.2) is 0 Å². The SMILES string of the molecule is CN(C=O)CC(N)=S. The van der Waals surface area contributed by atoms with Crippen molar-refractivity contribution in [2.45, 2.75) is 0 Å². The summed E-state index contributed by atoms with van der Waals surface area (Å²) in [6.45, 7) is 0.360. The standard InChI is InChI=1S/C4H8N2OS/c1-6(3-7)2-4(5)8/h3H,2H2,1H3,(H2,5,8). The molecule has 3 nitrogen and oxygen atoms in total. The topological polar surface area (TPSA) is 46.3 Å². The van der Waals surface area contributed by atoms with Crippen molar-refractivity contribution >= 4 is 23.6 Å². The summed E-state index contributed by atoms with van der Waals surface area (Å²) < 4.78 is 0. The third-order valence-electron chi connectivity index (χ3n) is 0.585. The number of carbonyl (C=O) groups excluding carboxylic acids is 1. The molecular formula is C4H8N2OS. The lowest BCUT2D eigenvalue weighted by atomic mass is 10.6. The minimum atomic E-state index is 0.333. The van der Waals surface area contributed by atoms with Gasteiger partial charge in [0.1, 0.15) is 0 Å². The second-order valence-corrected chi connectivity index (χ2v) is 2.01. The maximum Gasteiger partial charge on any atom is 0.209 e. The highest BCUT2D eigenvalue weighted by atomic mass is 32.1. The predicted molar refractivity (Wildman–Crippen MR) is 35.5 cm³/mol. The van der Waals surface area contributed by atoms with Crippen molar-refractivity contribution in [2.75, 3.05) is 13.6 Å². The van der Waals surface area contributed by atoms with Crippen LogP contribution in [0.5, 0.6) is 0 Å². The van der Waals surface area contributed by atoms with Gasteiger partial charge in [-0.25, -0.2) is 0 Å². The van der Waals surface area contributed by atoms with Crippen LogP contribution in [0.25, 0.3) is 0 Å². The molecule has 0 aliphatic heterocycles. The highest BCUT2D eigenvalue weighted by Gasteiger charge is 1.91. The number of hydrogen-bond acceptors (Lipinski definition) is 2. The van der Waals surface area contributed by atoms with Crippen LogP contribution in [0.3, 0.4) is 0 Å². The number of rotatable bonds is 3. The zero-order valence-corrected chi connectivity index (χ0v) is 5.44. The Balaban J connectivity index is 3.38. The van der Waals surface area contributed by atoms with Crippen molar-refractivity contribution in [2.24, 2.45) is 5.73 Å². The van der Waals surface area contributed by atoms with Crippen molar-refractivity contribution in [3.63, 3.8) is 0 Å². The van der Waals surface area contributed by atoms with E-state index in [4.69, 9.17) is 5.73 Å². The molecular weight excluding hydrogens is 124 g/mol. The van der Waals surface area contributed by atoms with Crippen molar-refractivity contribution < 1.29 is 4.79 Å². The second-order valence-electron chi connectivity index (χ2n) is 1.49. The Kier molecular flexibility index (Phi) is 3.10. The van der Waals surface area contributed by atoms with Crippen LogP contribution in [-0.2, 0) is 4.79 Å². The molecule has 0 saturated carbocycles. The molecule has 0 aromatic heterocycles. The van der Waals surface area contributed by atoms with Crippen LogP contribution in [0.4, 0.5) is 0 Å². The van der Waals surface area contributed by atoms with Crippen LogP contribution in [0.1, 0.15) is 0 Å². The molecule has 2 N–H and O–H groups in total. The Hall–Kier alpha value is -0.640. The van der Waals surface area contributed by atoms with E-state index >= 15 is 0 Å². The molecule has 0 atom stereocenters. The average Bonchev–Trinajstić information content (AvgIpc) is 1.65.